The molecule has 1 aromatic carbocycles. The first kappa shape index (κ1) is 14.7. The molecule has 2 rings (SSSR count). The summed E-state index contributed by atoms with van der Waals surface area (Å²) in [5.41, 5.74) is 8.77. The van der Waals surface area contributed by atoms with E-state index in [1.165, 1.54) is 7.11 Å². The fraction of sp³-hybridized carbons (Fsp3) is 0.533. The van der Waals surface area contributed by atoms with Gasteiger partial charge in [0.2, 0.25) is 0 Å². The minimum atomic E-state index is -0.397. The molecule has 1 atom stereocenters. The monoisotopic (exact) mass is 278 g/mol. The van der Waals surface area contributed by atoms with E-state index >= 15 is 0 Å². The lowest BCUT2D eigenvalue weighted by Crippen LogP contribution is -2.30. The van der Waals surface area contributed by atoms with Crippen LogP contribution in [0.1, 0.15) is 29.3 Å². The van der Waals surface area contributed by atoms with E-state index in [1.54, 1.807) is 0 Å². The van der Waals surface area contributed by atoms with Gasteiger partial charge < -0.3 is 20.1 Å². The van der Waals surface area contributed by atoms with Crippen LogP contribution >= 0.6 is 0 Å². The second-order valence-electron chi connectivity index (χ2n) is 5.20. The fourth-order valence-electron chi connectivity index (χ4n) is 2.47. The van der Waals surface area contributed by atoms with E-state index in [9.17, 15) is 4.79 Å². The van der Waals surface area contributed by atoms with Crippen LogP contribution in [0.2, 0.25) is 0 Å². The minimum absolute atomic E-state index is 0.178. The number of carbonyl (C=O) groups excluding carboxylic acids is 1. The topological polar surface area (TPSA) is 64.8 Å². The van der Waals surface area contributed by atoms with Gasteiger partial charge in [0.1, 0.15) is 0 Å². The van der Waals surface area contributed by atoms with Crippen LogP contribution in [0.3, 0.4) is 0 Å². The Kier molecular flexibility index (Phi) is 4.49. The number of benzene rings is 1. The van der Waals surface area contributed by atoms with Gasteiger partial charge >= 0.3 is 5.97 Å². The highest BCUT2D eigenvalue weighted by atomic mass is 16.5. The van der Waals surface area contributed by atoms with Crippen molar-refractivity contribution in [2.75, 3.05) is 37.4 Å². The first-order chi connectivity index (χ1) is 9.52. The highest BCUT2D eigenvalue weighted by molar-refractivity contribution is 5.97. The molecule has 2 N–H and O–H groups in total. The molecule has 0 saturated carbocycles. The van der Waals surface area contributed by atoms with Gasteiger partial charge in [-0.1, -0.05) is 0 Å². The molecular formula is C15H22N2O3. The standard InChI is InChI=1S/C15H22N2O3/c1-10-7-12(8-13(14(10)16)15(18)19-3)17-5-4-6-20-11(2)9-17/h7-8,11H,4-6,9,16H2,1-3H3. The van der Waals surface area contributed by atoms with Crippen LogP contribution in [-0.4, -0.2) is 38.9 Å². The van der Waals surface area contributed by atoms with Crippen LogP contribution in [0, 0.1) is 6.92 Å². The summed E-state index contributed by atoms with van der Waals surface area (Å²) in [6, 6.07) is 3.83. The van der Waals surface area contributed by atoms with Crippen molar-refractivity contribution in [3.63, 3.8) is 0 Å². The van der Waals surface area contributed by atoms with Gasteiger partial charge in [-0.05, 0) is 38.0 Å². The molecule has 0 aromatic heterocycles. The first-order valence-corrected chi connectivity index (χ1v) is 6.88. The maximum atomic E-state index is 11.8. The fourth-order valence-corrected chi connectivity index (χ4v) is 2.47. The number of nitrogen functional groups attached to an aromatic ring is 1. The van der Waals surface area contributed by atoms with Crippen LogP contribution in [0.25, 0.3) is 0 Å². The van der Waals surface area contributed by atoms with E-state index in [1.807, 2.05) is 19.1 Å². The maximum absolute atomic E-state index is 11.8. The van der Waals surface area contributed by atoms with Crippen LogP contribution in [0.5, 0.6) is 0 Å². The minimum Gasteiger partial charge on any atom is -0.465 e. The molecule has 1 saturated heterocycles. The maximum Gasteiger partial charge on any atom is 0.340 e. The summed E-state index contributed by atoms with van der Waals surface area (Å²) >= 11 is 0. The zero-order valence-electron chi connectivity index (χ0n) is 12.3. The second-order valence-corrected chi connectivity index (χ2v) is 5.20. The first-order valence-electron chi connectivity index (χ1n) is 6.88. The van der Waals surface area contributed by atoms with Gasteiger partial charge in [-0.2, -0.15) is 0 Å². The number of hydrogen-bond acceptors (Lipinski definition) is 5. The highest BCUT2D eigenvalue weighted by Crippen LogP contribution is 2.27. The second kappa shape index (κ2) is 6.13. The van der Waals surface area contributed by atoms with E-state index in [4.69, 9.17) is 15.2 Å². The molecule has 0 aliphatic carbocycles. The van der Waals surface area contributed by atoms with E-state index in [0.29, 0.717) is 11.3 Å². The SMILES string of the molecule is COC(=O)c1cc(N2CCCOC(C)C2)cc(C)c1N. The summed E-state index contributed by atoms with van der Waals surface area (Å²) in [7, 11) is 1.37. The Bertz CT molecular complexity index is 502. The number of anilines is 2. The van der Waals surface area contributed by atoms with Gasteiger partial charge in [-0.25, -0.2) is 4.79 Å². The van der Waals surface area contributed by atoms with Crippen LogP contribution in [0.4, 0.5) is 11.4 Å². The Hall–Kier alpha value is -1.75. The predicted molar refractivity (Wildman–Crippen MR) is 79.2 cm³/mol. The Morgan fingerprint density at radius 1 is 1.50 bits per heavy atom. The molecule has 0 radical (unpaired) electrons. The summed E-state index contributed by atoms with van der Waals surface area (Å²) in [6.45, 7) is 6.46. The van der Waals surface area contributed by atoms with Crippen LogP contribution in [-0.2, 0) is 9.47 Å². The molecule has 5 heteroatoms. The summed E-state index contributed by atoms with van der Waals surface area (Å²) in [5, 5.41) is 0. The van der Waals surface area contributed by atoms with E-state index in [-0.39, 0.29) is 6.10 Å². The Morgan fingerprint density at radius 2 is 2.25 bits per heavy atom. The van der Waals surface area contributed by atoms with E-state index in [0.717, 1.165) is 37.4 Å². The summed E-state index contributed by atoms with van der Waals surface area (Å²) in [5.74, 6) is -0.397. The quantitative estimate of drug-likeness (QED) is 0.662. The van der Waals surface area contributed by atoms with Crippen LogP contribution < -0.4 is 10.6 Å². The van der Waals surface area contributed by atoms with Gasteiger partial charge in [0.05, 0.1) is 18.8 Å². The number of hydrogen-bond donors (Lipinski definition) is 1. The smallest absolute Gasteiger partial charge is 0.340 e. The molecule has 1 fully saturated rings. The van der Waals surface area contributed by atoms with Crippen molar-refractivity contribution in [2.45, 2.75) is 26.4 Å². The summed E-state index contributed by atoms with van der Waals surface area (Å²) < 4.78 is 10.4. The van der Waals surface area contributed by atoms with Crippen molar-refractivity contribution >= 4 is 17.3 Å². The molecule has 110 valence electrons. The predicted octanol–water partition coefficient (Wildman–Crippen LogP) is 1.98. The molecule has 0 spiro atoms. The number of nitrogens with zero attached hydrogens (tertiary/aromatic N) is 1. The molecule has 20 heavy (non-hydrogen) atoms. The third-order valence-corrected chi connectivity index (χ3v) is 3.59. The number of aryl methyl sites for hydroxylation is 1. The van der Waals surface area contributed by atoms with E-state index < -0.39 is 5.97 Å². The van der Waals surface area contributed by atoms with Crippen molar-refractivity contribution in [3.05, 3.63) is 23.3 Å². The zero-order chi connectivity index (χ0) is 14.7. The number of esters is 1. The van der Waals surface area contributed by atoms with Gasteiger partial charge in [0, 0.05) is 31.1 Å². The highest BCUT2D eigenvalue weighted by Gasteiger charge is 2.19. The molecule has 0 amide bonds. The molecule has 1 aliphatic rings. The Balaban J connectivity index is 2.36. The van der Waals surface area contributed by atoms with Gasteiger partial charge in [-0.15, -0.1) is 0 Å². The molecule has 1 unspecified atom stereocenters. The average Bonchev–Trinajstić information content (AvgIpc) is 2.65. The number of carbonyl (C=O) groups is 1. The molecule has 1 aromatic rings. The zero-order valence-corrected chi connectivity index (χ0v) is 12.3. The number of ether oxygens (including phenoxy) is 2. The van der Waals surface area contributed by atoms with Gasteiger partial charge in [-0.3, -0.25) is 0 Å². The number of methoxy groups -OCH3 is 1. The summed E-state index contributed by atoms with van der Waals surface area (Å²) in [4.78, 5) is 14.0. The van der Waals surface area contributed by atoms with Crippen molar-refractivity contribution in [2.24, 2.45) is 0 Å². The normalized spacial score (nSPS) is 19.6. The lowest BCUT2D eigenvalue weighted by Gasteiger charge is -2.25. The van der Waals surface area contributed by atoms with Gasteiger partial charge in [0.25, 0.3) is 0 Å². The molecule has 1 aliphatic heterocycles. The van der Waals surface area contributed by atoms with Crippen molar-refractivity contribution in [1.29, 1.82) is 0 Å². The largest absolute Gasteiger partial charge is 0.465 e. The van der Waals surface area contributed by atoms with Crippen molar-refractivity contribution in [3.8, 4) is 0 Å². The summed E-state index contributed by atoms with van der Waals surface area (Å²) in [6.07, 6.45) is 1.15. The Morgan fingerprint density at radius 3 is 2.95 bits per heavy atom. The Labute approximate surface area is 119 Å². The lowest BCUT2D eigenvalue weighted by atomic mass is 10.1. The molecule has 0 bridgehead atoms. The average molecular weight is 278 g/mol. The number of rotatable bonds is 2. The van der Waals surface area contributed by atoms with Gasteiger partial charge in [0.15, 0.2) is 0 Å². The molecular weight excluding hydrogens is 256 g/mol. The van der Waals surface area contributed by atoms with Crippen molar-refractivity contribution in [1.82, 2.24) is 0 Å². The van der Waals surface area contributed by atoms with Crippen LogP contribution in [0.15, 0.2) is 12.1 Å². The van der Waals surface area contributed by atoms with Crippen molar-refractivity contribution < 1.29 is 14.3 Å². The third kappa shape index (κ3) is 3.04. The molecule has 5 nitrogen and oxygen atoms in total. The molecule has 1 heterocycles. The number of nitrogens with two attached hydrogens (primary N) is 1. The lowest BCUT2D eigenvalue weighted by molar-refractivity contribution is 0.0602. The van der Waals surface area contributed by atoms with E-state index in [2.05, 4.69) is 11.8 Å². The third-order valence-electron chi connectivity index (χ3n) is 3.59.